The maximum atomic E-state index is 12.2. The molecule has 134 valence electrons. The van der Waals surface area contributed by atoms with Crippen molar-refractivity contribution >= 4 is 5.91 Å². The zero-order valence-electron chi connectivity index (χ0n) is 15.3. The van der Waals surface area contributed by atoms with Gasteiger partial charge < -0.3 is 9.73 Å². The van der Waals surface area contributed by atoms with E-state index < -0.39 is 0 Å². The van der Waals surface area contributed by atoms with Gasteiger partial charge in [-0.1, -0.05) is 18.2 Å². The van der Waals surface area contributed by atoms with Crippen molar-refractivity contribution in [1.82, 2.24) is 15.3 Å². The van der Waals surface area contributed by atoms with Crippen molar-refractivity contribution in [2.24, 2.45) is 0 Å². The van der Waals surface area contributed by atoms with Crippen LogP contribution in [0.4, 0.5) is 0 Å². The van der Waals surface area contributed by atoms with Crippen LogP contribution < -0.4 is 5.32 Å². The Labute approximate surface area is 153 Å². The summed E-state index contributed by atoms with van der Waals surface area (Å²) in [6.07, 6.45) is 5.99. The summed E-state index contributed by atoms with van der Waals surface area (Å²) in [4.78, 5) is 20.5. The quantitative estimate of drug-likeness (QED) is 0.725. The van der Waals surface area contributed by atoms with Crippen LogP contribution in [0.25, 0.3) is 11.3 Å². The number of benzene rings is 1. The number of nitrogens with one attached hydrogen (secondary N) is 1. The lowest BCUT2D eigenvalue weighted by Crippen LogP contribution is -2.26. The predicted molar refractivity (Wildman–Crippen MR) is 101 cm³/mol. The van der Waals surface area contributed by atoms with E-state index in [-0.39, 0.29) is 11.9 Å². The third kappa shape index (κ3) is 4.36. The van der Waals surface area contributed by atoms with Gasteiger partial charge >= 0.3 is 0 Å². The van der Waals surface area contributed by atoms with Gasteiger partial charge in [0.15, 0.2) is 11.7 Å². The second-order valence-corrected chi connectivity index (χ2v) is 6.49. The van der Waals surface area contributed by atoms with Crippen LogP contribution in [0.5, 0.6) is 0 Å². The van der Waals surface area contributed by atoms with Gasteiger partial charge in [-0.05, 0) is 49.6 Å². The highest BCUT2D eigenvalue weighted by Gasteiger charge is 2.12. The van der Waals surface area contributed by atoms with E-state index in [4.69, 9.17) is 4.42 Å². The maximum absolute atomic E-state index is 12.2. The second kappa shape index (κ2) is 7.95. The Morgan fingerprint density at radius 3 is 2.77 bits per heavy atom. The summed E-state index contributed by atoms with van der Waals surface area (Å²) < 4.78 is 5.80. The van der Waals surface area contributed by atoms with E-state index in [1.807, 2.05) is 25.1 Å². The van der Waals surface area contributed by atoms with Crippen molar-refractivity contribution in [3.05, 3.63) is 71.5 Å². The molecular formula is C21H23N3O2. The Morgan fingerprint density at radius 2 is 2.04 bits per heavy atom. The average Bonchev–Trinajstić information content (AvgIpc) is 3.12. The molecule has 2 aromatic heterocycles. The molecule has 0 aliphatic heterocycles. The number of aromatic nitrogens is 2. The number of amides is 1. The number of aryl methyl sites for hydroxylation is 3. The van der Waals surface area contributed by atoms with Crippen LogP contribution in [0.2, 0.25) is 0 Å². The molecule has 3 rings (SSSR count). The molecule has 0 saturated carbocycles. The fourth-order valence-corrected chi connectivity index (χ4v) is 2.70. The number of rotatable bonds is 6. The minimum atomic E-state index is -0.0770. The molecule has 1 atom stereocenters. The molecule has 0 aliphatic rings. The first-order chi connectivity index (χ1) is 12.5. The van der Waals surface area contributed by atoms with Gasteiger partial charge in [-0.25, -0.2) is 4.98 Å². The molecule has 1 N–H and O–H groups in total. The number of carbonyl (C=O) groups is 1. The van der Waals surface area contributed by atoms with Gasteiger partial charge in [0.2, 0.25) is 5.91 Å². The number of oxazole rings is 1. The first-order valence-corrected chi connectivity index (χ1v) is 8.74. The van der Waals surface area contributed by atoms with Crippen LogP contribution in [0.1, 0.15) is 42.0 Å². The molecule has 0 unspecified atom stereocenters. The third-order valence-corrected chi connectivity index (χ3v) is 4.47. The number of carbonyl (C=O) groups excluding carboxylic acids is 1. The van der Waals surface area contributed by atoms with Crippen LogP contribution in [0.15, 0.2) is 53.3 Å². The van der Waals surface area contributed by atoms with Crippen LogP contribution in [0, 0.1) is 13.8 Å². The zero-order valence-corrected chi connectivity index (χ0v) is 15.3. The van der Waals surface area contributed by atoms with E-state index in [1.54, 1.807) is 18.6 Å². The van der Waals surface area contributed by atoms with E-state index in [0.717, 1.165) is 16.9 Å². The molecule has 0 spiro atoms. The highest BCUT2D eigenvalue weighted by molar-refractivity contribution is 5.76. The van der Waals surface area contributed by atoms with E-state index in [0.29, 0.717) is 18.7 Å². The van der Waals surface area contributed by atoms with Crippen molar-refractivity contribution in [1.29, 1.82) is 0 Å². The van der Waals surface area contributed by atoms with Crippen molar-refractivity contribution in [2.75, 3.05) is 0 Å². The van der Waals surface area contributed by atoms with Crippen LogP contribution in [-0.4, -0.2) is 15.9 Å². The molecule has 3 aromatic rings. The van der Waals surface area contributed by atoms with Gasteiger partial charge in [-0.2, -0.15) is 0 Å². The molecule has 0 aliphatic carbocycles. The summed E-state index contributed by atoms with van der Waals surface area (Å²) in [5, 5.41) is 2.97. The number of pyridine rings is 1. The molecule has 0 bridgehead atoms. The number of hydrogen-bond donors (Lipinski definition) is 1. The minimum absolute atomic E-state index is 0.0349. The lowest BCUT2D eigenvalue weighted by atomic mass is 10.1. The van der Waals surface area contributed by atoms with E-state index in [2.05, 4.69) is 41.3 Å². The molecular weight excluding hydrogens is 326 g/mol. The molecule has 2 heterocycles. The normalized spacial score (nSPS) is 12.0. The Hall–Kier alpha value is -2.95. The standard InChI is InChI=1S/C21H23N3O2/c1-14-6-7-17(11-15(14)2)19-13-23-21(26-19)9-8-20(25)24-16(3)18-5-4-10-22-12-18/h4-7,10-13,16H,8-9H2,1-3H3,(H,24,25)/t16-/m1/s1. The molecule has 5 nitrogen and oxygen atoms in total. The summed E-state index contributed by atoms with van der Waals surface area (Å²) >= 11 is 0. The summed E-state index contributed by atoms with van der Waals surface area (Å²) in [5.74, 6) is 1.27. The van der Waals surface area contributed by atoms with E-state index in [9.17, 15) is 4.79 Å². The Balaban J connectivity index is 1.56. The SMILES string of the molecule is Cc1ccc(-c2cnc(CCC(=O)N[C@H](C)c3cccnc3)o2)cc1C. The predicted octanol–water partition coefficient (Wildman–Crippen LogP) is 4.16. The Kier molecular flexibility index (Phi) is 5.46. The van der Waals surface area contributed by atoms with Crippen molar-refractivity contribution < 1.29 is 9.21 Å². The summed E-state index contributed by atoms with van der Waals surface area (Å²) in [6.45, 7) is 6.10. The van der Waals surface area contributed by atoms with Gasteiger partial charge in [-0.15, -0.1) is 0 Å². The van der Waals surface area contributed by atoms with E-state index in [1.165, 1.54) is 11.1 Å². The minimum Gasteiger partial charge on any atom is -0.441 e. The van der Waals surface area contributed by atoms with E-state index >= 15 is 0 Å². The first kappa shape index (κ1) is 17.9. The monoisotopic (exact) mass is 349 g/mol. The highest BCUT2D eigenvalue weighted by Crippen LogP contribution is 2.23. The lowest BCUT2D eigenvalue weighted by Gasteiger charge is -2.13. The molecule has 26 heavy (non-hydrogen) atoms. The fourth-order valence-electron chi connectivity index (χ4n) is 2.70. The maximum Gasteiger partial charge on any atom is 0.220 e. The number of hydrogen-bond acceptors (Lipinski definition) is 4. The van der Waals surface area contributed by atoms with Gasteiger partial charge in [0.05, 0.1) is 12.2 Å². The van der Waals surface area contributed by atoms with Crippen molar-refractivity contribution in [2.45, 2.75) is 39.7 Å². The van der Waals surface area contributed by atoms with Gasteiger partial charge in [0.1, 0.15) is 0 Å². The van der Waals surface area contributed by atoms with Crippen LogP contribution in [0.3, 0.4) is 0 Å². The molecule has 0 radical (unpaired) electrons. The zero-order chi connectivity index (χ0) is 18.5. The first-order valence-electron chi connectivity index (χ1n) is 8.74. The Morgan fingerprint density at radius 1 is 1.19 bits per heavy atom. The molecule has 0 fully saturated rings. The second-order valence-electron chi connectivity index (χ2n) is 6.49. The van der Waals surface area contributed by atoms with Crippen molar-refractivity contribution in [3.63, 3.8) is 0 Å². The largest absolute Gasteiger partial charge is 0.441 e. The third-order valence-electron chi connectivity index (χ3n) is 4.47. The number of nitrogens with zero attached hydrogens (tertiary/aromatic N) is 2. The van der Waals surface area contributed by atoms with Crippen LogP contribution in [-0.2, 0) is 11.2 Å². The molecule has 1 aromatic carbocycles. The highest BCUT2D eigenvalue weighted by atomic mass is 16.4. The summed E-state index contributed by atoms with van der Waals surface area (Å²) in [5.41, 5.74) is 4.44. The average molecular weight is 349 g/mol. The Bertz CT molecular complexity index is 887. The summed E-state index contributed by atoms with van der Waals surface area (Å²) in [6, 6.07) is 9.91. The fraction of sp³-hybridized carbons (Fsp3) is 0.286. The smallest absolute Gasteiger partial charge is 0.220 e. The topological polar surface area (TPSA) is 68.0 Å². The van der Waals surface area contributed by atoms with Gasteiger partial charge in [-0.3, -0.25) is 9.78 Å². The van der Waals surface area contributed by atoms with Gasteiger partial charge in [0, 0.05) is 30.8 Å². The van der Waals surface area contributed by atoms with Gasteiger partial charge in [0.25, 0.3) is 0 Å². The molecule has 1 amide bonds. The molecule has 5 heteroatoms. The summed E-state index contributed by atoms with van der Waals surface area (Å²) in [7, 11) is 0. The lowest BCUT2D eigenvalue weighted by molar-refractivity contribution is -0.121. The molecule has 0 saturated heterocycles. The van der Waals surface area contributed by atoms with Crippen molar-refractivity contribution in [3.8, 4) is 11.3 Å². The van der Waals surface area contributed by atoms with Crippen LogP contribution >= 0.6 is 0 Å².